The molecule has 12 heteroatoms. The van der Waals surface area contributed by atoms with Gasteiger partial charge in [0.25, 0.3) is 0 Å². The number of nitrogens with zero attached hydrogens (tertiary/aromatic N) is 5. The molecule has 4 rings (SSSR count). The summed E-state index contributed by atoms with van der Waals surface area (Å²) in [7, 11) is 0.687. The van der Waals surface area contributed by atoms with Crippen LogP contribution in [0.25, 0.3) is 10.3 Å². The van der Waals surface area contributed by atoms with Crippen molar-refractivity contribution in [3.05, 3.63) is 47.0 Å². The summed E-state index contributed by atoms with van der Waals surface area (Å²) >= 11 is 1.35. The number of Topliss-reactive ketones (excluding diaryl/α,β-unsaturated/α-hetero) is 1. The fourth-order valence-electron chi connectivity index (χ4n) is 4.06. The molecule has 210 valence electrons. The van der Waals surface area contributed by atoms with E-state index in [0.29, 0.717) is 66.1 Å². The van der Waals surface area contributed by atoms with Crippen LogP contribution < -0.4 is 4.74 Å². The van der Waals surface area contributed by atoms with E-state index in [2.05, 4.69) is 20.0 Å². The highest BCUT2D eigenvalue weighted by atomic mass is 32.2. The van der Waals surface area contributed by atoms with E-state index >= 15 is 0 Å². The first-order valence-corrected chi connectivity index (χ1v) is 15.5. The molecule has 1 saturated heterocycles. The largest absolute Gasteiger partial charge is 0.478 e. The van der Waals surface area contributed by atoms with Crippen LogP contribution in [0.5, 0.6) is 5.88 Å². The smallest absolute Gasteiger partial charge is 0.214 e. The maximum atomic E-state index is 13.6. The summed E-state index contributed by atoms with van der Waals surface area (Å²) in [4.78, 5) is 25.8. The van der Waals surface area contributed by atoms with E-state index in [-0.39, 0.29) is 28.6 Å². The predicted molar refractivity (Wildman–Crippen MR) is 153 cm³/mol. The van der Waals surface area contributed by atoms with Gasteiger partial charge in [-0.05, 0) is 45.1 Å². The lowest BCUT2D eigenvalue weighted by Gasteiger charge is -2.25. The van der Waals surface area contributed by atoms with Gasteiger partial charge < -0.3 is 14.4 Å². The Labute approximate surface area is 233 Å². The zero-order valence-corrected chi connectivity index (χ0v) is 24.3. The molecule has 1 aliphatic rings. The number of carbonyl (C=O) groups excluding carboxylic acids is 1. The Hall–Kier alpha value is -2.93. The molecule has 10 nitrogen and oxygen atoms in total. The molecule has 0 aliphatic carbocycles. The second-order valence-corrected chi connectivity index (χ2v) is 12.7. The number of fused-ring (bicyclic) bond motifs is 1. The standard InChI is InChI=1S/C27H35N5O5S2/c1-4-18-39(34,35)21-8-6-20(7-9-21)26(30-32-13-16-36-17-14-32)23(33)19-25-28-22-10-11-24(29-27(22)38-25)37-15-5-12-31(2)3/h6-11H,4-5,12-19H2,1-3H3/b30-26+. The molecular weight excluding hydrogens is 538 g/mol. The van der Waals surface area contributed by atoms with Crippen molar-refractivity contribution < 1.29 is 22.7 Å². The summed E-state index contributed by atoms with van der Waals surface area (Å²) in [6, 6.07) is 10.0. The lowest BCUT2D eigenvalue weighted by atomic mass is 10.0. The fourth-order valence-corrected chi connectivity index (χ4v) is 6.30. The Morgan fingerprint density at radius 1 is 1.13 bits per heavy atom. The third-order valence-electron chi connectivity index (χ3n) is 6.04. The molecule has 0 atom stereocenters. The maximum absolute atomic E-state index is 13.6. The molecule has 1 fully saturated rings. The van der Waals surface area contributed by atoms with Crippen LogP contribution in [0.4, 0.5) is 0 Å². The van der Waals surface area contributed by atoms with Gasteiger partial charge in [-0.3, -0.25) is 9.80 Å². The van der Waals surface area contributed by atoms with Crippen molar-refractivity contribution in [3.63, 3.8) is 0 Å². The molecule has 0 spiro atoms. The van der Waals surface area contributed by atoms with Gasteiger partial charge in [0, 0.05) is 18.2 Å². The quantitative estimate of drug-likeness (QED) is 0.225. The van der Waals surface area contributed by atoms with E-state index in [4.69, 9.17) is 9.47 Å². The third-order valence-corrected chi connectivity index (χ3v) is 8.94. The number of benzene rings is 1. The number of hydrogen-bond acceptors (Lipinski definition) is 11. The Morgan fingerprint density at radius 2 is 1.87 bits per heavy atom. The number of thiazole rings is 1. The number of morpholine rings is 1. The highest BCUT2D eigenvalue weighted by Crippen LogP contribution is 2.24. The molecule has 0 N–H and O–H groups in total. The van der Waals surface area contributed by atoms with Crippen molar-refractivity contribution in [2.45, 2.75) is 31.1 Å². The predicted octanol–water partition coefficient (Wildman–Crippen LogP) is 3.05. The van der Waals surface area contributed by atoms with Crippen molar-refractivity contribution in [2.75, 3.05) is 59.3 Å². The molecule has 0 saturated carbocycles. The number of sulfone groups is 1. The van der Waals surface area contributed by atoms with Crippen LogP contribution in [0.1, 0.15) is 30.3 Å². The van der Waals surface area contributed by atoms with Gasteiger partial charge >= 0.3 is 0 Å². The Morgan fingerprint density at radius 3 is 2.56 bits per heavy atom. The van der Waals surface area contributed by atoms with Crippen molar-refractivity contribution in [3.8, 4) is 5.88 Å². The van der Waals surface area contributed by atoms with E-state index in [1.807, 2.05) is 32.1 Å². The van der Waals surface area contributed by atoms with Crippen molar-refractivity contribution in [1.29, 1.82) is 0 Å². The summed E-state index contributed by atoms with van der Waals surface area (Å²) in [6.07, 6.45) is 1.48. The number of aromatic nitrogens is 2. The SMILES string of the molecule is CCCS(=O)(=O)c1ccc(/C(=N\N2CCOCC2)C(=O)Cc2nc3ccc(OCCCN(C)C)nc3s2)cc1. The Bertz CT molecular complexity index is 1400. The van der Waals surface area contributed by atoms with Crippen molar-refractivity contribution in [1.82, 2.24) is 19.9 Å². The summed E-state index contributed by atoms with van der Waals surface area (Å²) in [6.45, 7) is 5.53. The van der Waals surface area contributed by atoms with Gasteiger partial charge in [-0.2, -0.15) is 5.10 Å². The molecule has 1 aliphatic heterocycles. The van der Waals surface area contributed by atoms with Gasteiger partial charge in [0.1, 0.15) is 21.1 Å². The van der Waals surface area contributed by atoms with Crippen LogP contribution >= 0.6 is 11.3 Å². The van der Waals surface area contributed by atoms with E-state index in [0.717, 1.165) is 13.0 Å². The molecule has 39 heavy (non-hydrogen) atoms. The van der Waals surface area contributed by atoms with Crippen molar-refractivity contribution in [2.24, 2.45) is 5.10 Å². The lowest BCUT2D eigenvalue weighted by molar-refractivity contribution is -0.112. The fraction of sp³-hybridized carbons (Fsp3) is 0.481. The second kappa shape index (κ2) is 13.4. The maximum Gasteiger partial charge on any atom is 0.214 e. The number of ether oxygens (including phenoxy) is 2. The van der Waals surface area contributed by atoms with E-state index < -0.39 is 9.84 Å². The van der Waals surface area contributed by atoms with E-state index in [1.54, 1.807) is 30.3 Å². The van der Waals surface area contributed by atoms with Crippen LogP contribution in [0.2, 0.25) is 0 Å². The zero-order valence-electron chi connectivity index (χ0n) is 22.6. The van der Waals surface area contributed by atoms with Gasteiger partial charge in [-0.25, -0.2) is 18.4 Å². The van der Waals surface area contributed by atoms with Crippen LogP contribution in [-0.4, -0.2) is 99.1 Å². The topological polar surface area (TPSA) is 114 Å². The van der Waals surface area contributed by atoms with E-state index in [9.17, 15) is 13.2 Å². The van der Waals surface area contributed by atoms with Gasteiger partial charge in [0.2, 0.25) is 5.88 Å². The molecular formula is C27H35N5O5S2. The zero-order chi connectivity index (χ0) is 27.8. The summed E-state index contributed by atoms with van der Waals surface area (Å²) in [5.74, 6) is 0.412. The first-order chi connectivity index (χ1) is 18.7. The average molecular weight is 574 g/mol. The first-order valence-electron chi connectivity index (χ1n) is 13.1. The highest BCUT2D eigenvalue weighted by molar-refractivity contribution is 7.91. The molecule has 0 radical (unpaired) electrons. The van der Waals surface area contributed by atoms with Gasteiger partial charge in [-0.1, -0.05) is 30.4 Å². The Kier molecular flexibility index (Phi) is 10.0. The van der Waals surface area contributed by atoms with Crippen molar-refractivity contribution >= 4 is 43.0 Å². The van der Waals surface area contributed by atoms with E-state index in [1.165, 1.54) is 11.3 Å². The van der Waals surface area contributed by atoms with Crippen LogP contribution in [0.15, 0.2) is 46.4 Å². The minimum atomic E-state index is -3.36. The number of carbonyl (C=O) groups is 1. The van der Waals surface area contributed by atoms with Crippen LogP contribution in [0, 0.1) is 0 Å². The molecule has 1 aromatic carbocycles. The summed E-state index contributed by atoms with van der Waals surface area (Å²) in [5.41, 5.74) is 1.55. The summed E-state index contributed by atoms with van der Waals surface area (Å²) in [5, 5.41) is 7.11. The van der Waals surface area contributed by atoms with Gasteiger partial charge in [-0.15, -0.1) is 0 Å². The monoisotopic (exact) mass is 573 g/mol. The van der Waals surface area contributed by atoms with Crippen LogP contribution in [0.3, 0.4) is 0 Å². The molecule has 3 heterocycles. The normalized spacial score (nSPS) is 14.8. The first kappa shape index (κ1) is 29.1. The molecule has 0 bridgehead atoms. The summed E-state index contributed by atoms with van der Waals surface area (Å²) < 4.78 is 36.1. The third kappa shape index (κ3) is 8.04. The van der Waals surface area contributed by atoms with Gasteiger partial charge in [0.15, 0.2) is 15.6 Å². The Balaban J connectivity index is 1.53. The molecule has 2 aromatic heterocycles. The number of ketones is 1. The van der Waals surface area contributed by atoms with Crippen LogP contribution in [-0.2, 0) is 25.8 Å². The highest BCUT2D eigenvalue weighted by Gasteiger charge is 2.21. The lowest BCUT2D eigenvalue weighted by Crippen LogP contribution is -2.34. The second-order valence-electron chi connectivity index (χ2n) is 9.54. The molecule has 3 aromatic rings. The molecule has 0 unspecified atom stereocenters. The molecule has 0 amide bonds. The number of pyridine rings is 1. The minimum Gasteiger partial charge on any atom is -0.478 e. The number of hydrogen-bond donors (Lipinski definition) is 0. The van der Waals surface area contributed by atoms with Gasteiger partial charge in [0.05, 0.1) is 50.0 Å². The average Bonchev–Trinajstić information content (AvgIpc) is 3.31. The number of hydrazone groups is 1. The minimum absolute atomic E-state index is 0.0547. The number of rotatable bonds is 13.